The van der Waals surface area contributed by atoms with E-state index in [4.69, 9.17) is 4.74 Å². The van der Waals surface area contributed by atoms with Gasteiger partial charge in [0, 0.05) is 11.6 Å². The number of rotatable bonds is 7. The molecule has 2 rings (SSSR count). The van der Waals surface area contributed by atoms with Crippen LogP contribution < -0.4 is 15.5 Å². The zero-order valence-electron chi connectivity index (χ0n) is 15.9. The van der Waals surface area contributed by atoms with Crippen LogP contribution in [0.15, 0.2) is 53.6 Å². The molecule has 0 aliphatic carbocycles. The summed E-state index contributed by atoms with van der Waals surface area (Å²) < 4.78 is 5.85. The number of ether oxygens (including phenoxy) is 1. The van der Waals surface area contributed by atoms with Crippen molar-refractivity contribution >= 4 is 18.0 Å². The van der Waals surface area contributed by atoms with Crippen LogP contribution in [-0.4, -0.2) is 24.1 Å². The van der Waals surface area contributed by atoms with Gasteiger partial charge in [-0.05, 0) is 38.0 Å². The third kappa shape index (κ3) is 6.58. The Labute approximate surface area is 159 Å². The van der Waals surface area contributed by atoms with Crippen molar-refractivity contribution in [2.45, 2.75) is 39.8 Å². The molecule has 27 heavy (non-hydrogen) atoms. The minimum absolute atomic E-state index is 0.0665. The maximum Gasteiger partial charge on any atom is 0.329 e. The second kappa shape index (κ2) is 10.1. The van der Waals surface area contributed by atoms with E-state index in [-0.39, 0.29) is 6.04 Å². The van der Waals surface area contributed by atoms with Gasteiger partial charge in [-0.15, -0.1) is 0 Å². The summed E-state index contributed by atoms with van der Waals surface area (Å²) in [5, 5.41) is 6.44. The van der Waals surface area contributed by atoms with Crippen LogP contribution in [0, 0.1) is 6.92 Å². The van der Waals surface area contributed by atoms with Gasteiger partial charge in [0.15, 0.2) is 0 Å². The number of carbonyl (C=O) groups excluding carboxylic acids is 2. The number of aryl methyl sites for hydroxylation is 1. The van der Waals surface area contributed by atoms with Crippen LogP contribution in [0.25, 0.3) is 0 Å². The lowest BCUT2D eigenvalue weighted by atomic mass is 10.1. The molecule has 0 saturated heterocycles. The molecule has 0 aromatic heterocycles. The van der Waals surface area contributed by atoms with Gasteiger partial charge in [-0.3, -0.25) is 9.59 Å². The van der Waals surface area contributed by atoms with Crippen LogP contribution in [0.4, 0.5) is 0 Å². The molecule has 1 atom stereocenters. The fourth-order valence-corrected chi connectivity index (χ4v) is 2.17. The summed E-state index contributed by atoms with van der Waals surface area (Å²) in [5.41, 5.74) is 5.18. The highest BCUT2D eigenvalue weighted by atomic mass is 16.5. The number of nitrogens with one attached hydrogen (secondary N) is 2. The molecule has 0 spiro atoms. The summed E-state index contributed by atoms with van der Waals surface area (Å²) in [7, 11) is 0. The molecule has 2 N–H and O–H groups in total. The van der Waals surface area contributed by atoms with Gasteiger partial charge in [0.1, 0.15) is 12.4 Å². The van der Waals surface area contributed by atoms with Crippen molar-refractivity contribution in [3.8, 4) is 5.75 Å². The normalized spacial score (nSPS) is 11.8. The number of nitrogens with zero attached hydrogens (tertiary/aromatic N) is 1. The van der Waals surface area contributed by atoms with E-state index in [9.17, 15) is 9.59 Å². The van der Waals surface area contributed by atoms with Gasteiger partial charge in [0.25, 0.3) is 0 Å². The van der Waals surface area contributed by atoms with Crippen molar-refractivity contribution in [1.29, 1.82) is 0 Å². The summed E-state index contributed by atoms with van der Waals surface area (Å²) in [6.07, 6.45) is 2.20. The molecular weight excluding hydrogens is 342 g/mol. The van der Waals surface area contributed by atoms with Gasteiger partial charge >= 0.3 is 11.8 Å². The molecule has 0 heterocycles. The van der Waals surface area contributed by atoms with E-state index < -0.39 is 11.8 Å². The average Bonchev–Trinajstić information content (AvgIpc) is 2.68. The number of hydrazone groups is 1. The number of amides is 2. The Morgan fingerprint density at radius 3 is 2.52 bits per heavy atom. The third-order valence-corrected chi connectivity index (χ3v) is 4.00. The van der Waals surface area contributed by atoms with Crippen molar-refractivity contribution in [2.24, 2.45) is 5.10 Å². The van der Waals surface area contributed by atoms with Crippen LogP contribution in [0.2, 0.25) is 0 Å². The summed E-state index contributed by atoms with van der Waals surface area (Å²) >= 11 is 0. The largest absolute Gasteiger partial charge is 0.488 e. The van der Waals surface area contributed by atoms with E-state index in [1.807, 2.05) is 69.3 Å². The summed E-state index contributed by atoms with van der Waals surface area (Å²) in [6.45, 7) is 6.22. The molecular formula is C21H25N3O3. The van der Waals surface area contributed by atoms with Crippen molar-refractivity contribution in [3.05, 3.63) is 65.2 Å². The second-order valence-electron chi connectivity index (χ2n) is 6.29. The first-order chi connectivity index (χ1) is 13.0. The smallest absolute Gasteiger partial charge is 0.329 e. The van der Waals surface area contributed by atoms with E-state index in [2.05, 4.69) is 15.8 Å². The Bertz CT molecular complexity index is 801. The minimum Gasteiger partial charge on any atom is -0.488 e. The number of carbonyl (C=O) groups is 2. The third-order valence-electron chi connectivity index (χ3n) is 4.00. The first-order valence-electron chi connectivity index (χ1n) is 8.91. The first kappa shape index (κ1) is 20.2. The Hall–Kier alpha value is -3.15. The van der Waals surface area contributed by atoms with Crippen molar-refractivity contribution < 1.29 is 14.3 Å². The molecule has 0 aliphatic heterocycles. The summed E-state index contributed by atoms with van der Waals surface area (Å²) in [4.78, 5) is 23.4. The Morgan fingerprint density at radius 1 is 1.11 bits per heavy atom. The maximum absolute atomic E-state index is 11.7. The Kier molecular flexibility index (Phi) is 7.55. The molecule has 2 amide bonds. The SMILES string of the molecule is CC[C@@H](C)NC(=O)C(=O)N/N=C\c1ccccc1OCc1ccc(C)cc1. The van der Waals surface area contributed by atoms with Gasteiger partial charge < -0.3 is 10.1 Å². The Balaban J connectivity index is 1.94. The van der Waals surface area contributed by atoms with Crippen molar-refractivity contribution in [3.63, 3.8) is 0 Å². The van der Waals surface area contributed by atoms with Gasteiger partial charge in [0.2, 0.25) is 0 Å². The topological polar surface area (TPSA) is 79.8 Å². The lowest BCUT2D eigenvalue weighted by Crippen LogP contribution is -2.41. The molecule has 0 aliphatic rings. The van der Waals surface area contributed by atoms with Crippen molar-refractivity contribution in [1.82, 2.24) is 10.7 Å². The van der Waals surface area contributed by atoms with Crippen LogP contribution in [0.5, 0.6) is 5.75 Å². The quantitative estimate of drug-likeness (QED) is 0.449. The lowest BCUT2D eigenvalue weighted by molar-refractivity contribution is -0.139. The highest BCUT2D eigenvalue weighted by Gasteiger charge is 2.14. The molecule has 0 radical (unpaired) electrons. The van der Waals surface area contributed by atoms with Crippen LogP contribution in [-0.2, 0) is 16.2 Å². The van der Waals surface area contributed by atoms with Gasteiger partial charge in [0.05, 0.1) is 6.21 Å². The van der Waals surface area contributed by atoms with Crippen molar-refractivity contribution in [2.75, 3.05) is 0 Å². The van der Waals surface area contributed by atoms with E-state index in [0.717, 1.165) is 12.0 Å². The van der Waals surface area contributed by atoms with E-state index in [0.29, 0.717) is 17.9 Å². The van der Waals surface area contributed by atoms with E-state index >= 15 is 0 Å². The number of para-hydroxylation sites is 1. The molecule has 0 saturated carbocycles. The summed E-state index contributed by atoms with van der Waals surface area (Å²) in [5.74, 6) is -0.866. The van der Waals surface area contributed by atoms with Gasteiger partial charge in [-0.2, -0.15) is 5.10 Å². The van der Waals surface area contributed by atoms with E-state index in [1.54, 1.807) is 0 Å². The second-order valence-corrected chi connectivity index (χ2v) is 6.29. The zero-order chi connectivity index (χ0) is 19.6. The molecule has 6 nitrogen and oxygen atoms in total. The van der Waals surface area contributed by atoms with Gasteiger partial charge in [-0.1, -0.05) is 48.9 Å². The number of hydrogen-bond acceptors (Lipinski definition) is 4. The fraction of sp³-hybridized carbons (Fsp3) is 0.286. The highest BCUT2D eigenvalue weighted by molar-refractivity contribution is 6.35. The highest BCUT2D eigenvalue weighted by Crippen LogP contribution is 2.17. The molecule has 142 valence electrons. The number of hydrogen-bond donors (Lipinski definition) is 2. The molecule has 0 fully saturated rings. The molecule has 2 aromatic rings. The first-order valence-corrected chi connectivity index (χ1v) is 8.91. The fourth-order valence-electron chi connectivity index (χ4n) is 2.17. The summed E-state index contributed by atoms with van der Waals surface area (Å²) in [6, 6.07) is 15.4. The predicted octanol–water partition coefficient (Wildman–Crippen LogP) is 2.94. The molecule has 0 bridgehead atoms. The van der Waals surface area contributed by atoms with Crippen LogP contribution in [0.3, 0.4) is 0 Å². The molecule has 0 unspecified atom stereocenters. The average molecular weight is 367 g/mol. The van der Waals surface area contributed by atoms with E-state index in [1.165, 1.54) is 11.8 Å². The minimum atomic E-state index is -0.801. The van der Waals surface area contributed by atoms with Gasteiger partial charge in [-0.25, -0.2) is 5.43 Å². The molecule has 2 aromatic carbocycles. The monoisotopic (exact) mass is 367 g/mol. The Morgan fingerprint density at radius 2 is 1.81 bits per heavy atom. The molecule has 6 heteroatoms. The maximum atomic E-state index is 11.7. The van der Waals surface area contributed by atoms with Crippen LogP contribution >= 0.6 is 0 Å². The predicted molar refractivity (Wildman–Crippen MR) is 106 cm³/mol. The lowest BCUT2D eigenvalue weighted by Gasteiger charge is -2.10. The number of benzene rings is 2. The zero-order valence-corrected chi connectivity index (χ0v) is 15.9. The van der Waals surface area contributed by atoms with Crippen LogP contribution in [0.1, 0.15) is 37.0 Å². The standard InChI is InChI=1S/C21H25N3O3/c1-4-16(3)23-20(25)21(26)24-22-13-18-7-5-6-8-19(18)27-14-17-11-9-15(2)10-12-17/h5-13,16H,4,14H2,1-3H3,(H,23,25)(H,24,26)/b22-13-/t16-/m1/s1.